The lowest BCUT2D eigenvalue weighted by Crippen LogP contribution is -2.30. The third kappa shape index (κ3) is 2.32. The molecule has 0 bridgehead atoms. The third-order valence-electron chi connectivity index (χ3n) is 3.66. The van der Waals surface area contributed by atoms with Crippen LogP contribution in [0.25, 0.3) is 10.8 Å². The quantitative estimate of drug-likeness (QED) is 0.851. The minimum Gasteiger partial charge on any atom is -0.316 e. The molecule has 1 aromatic carbocycles. The van der Waals surface area contributed by atoms with Crippen molar-refractivity contribution in [1.29, 1.82) is 0 Å². The molecule has 88 valence electrons. The number of hydrogen-bond donors (Lipinski definition) is 1. The van der Waals surface area contributed by atoms with Gasteiger partial charge in [0.05, 0.1) is 0 Å². The van der Waals surface area contributed by atoms with Gasteiger partial charge in [0.15, 0.2) is 0 Å². The summed E-state index contributed by atoms with van der Waals surface area (Å²) in [6.45, 7) is 2.34. The Morgan fingerprint density at radius 2 is 2.18 bits per heavy atom. The largest absolute Gasteiger partial charge is 0.316 e. The van der Waals surface area contributed by atoms with Gasteiger partial charge in [-0.25, -0.2) is 0 Å². The molecule has 0 spiro atoms. The average molecular weight is 226 g/mol. The van der Waals surface area contributed by atoms with E-state index in [0.717, 1.165) is 18.9 Å². The molecule has 1 saturated heterocycles. The number of benzene rings is 1. The second-order valence-corrected chi connectivity index (χ2v) is 4.94. The van der Waals surface area contributed by atoms with Crippen molar-refractivity contribution in [3.8, 4) is 0 Å². The number of nitrogens with one attached hydrogen (secondary N) is 1. The van der Waals surface area contributed by atoms with Gasteiger partial charge in [0.1, 0.15) is 0 Å². The monoisotopic (exact) mass is 226 g/mol. The SMILES string of the molecule is c1ccc2c(C[C@@H]3CCCNC3)cncc2c1. The fraction of sp³-hybridized carbons (Fsp3) is 0.400. The molecule has 17 heavy (non-hydrogen) atoms. The first-order chi connectivity index (χ1) is 8.43. The van der Waals surface area contributed by atoms with Crippen LogP contribution in [0.5, 0.6) is 0 Å². The number of rotatable bonds is 2. The van der Waals surface area contributed by atoms with Gasteiger partial charge >= 0.3 is 0 Å². The Labute approximate surface area is 102 Å². The molecule has 2 aromatic rings. The molecule has 1 aromatic heterocycles. The molecule has 0 unspecified atom stereocenters. The Balaban J connectivity index is 1.89. The summed E-state index contributed by atoms with van der Waals surface area (Å²) in [4.78, 5) is 4.36. The van der Waals surface area contributed by atoms with E-state index < -0.39 is 0 Å². The van der Waals surface area contributed by atoms with E-state index in [1.54, 1.807) is 0 Å². The van der Waals surface area contributed by atoms with Crippen LogP contribution in [-0.2, 0) is 6.42 Å². The fourth-order valence-electron chi connectivity index (χ4n) is 2.75. The van der Waals surface area contributed by atoms with Crippen molar-refractivity contribution in [2.45, 2.75) is 19.3 Å². The zero-order valence-electron chi connectivity index (χ0n) is 10.0. The Kier molecular flexibility index (Phi) is 3.06. The molecule has 0 amide bonds. The number of pyridine rings is 1. The lowest BCUT2D eigenvalue weighted by molar-refractivity contribution is 0.376. The molecule has 1 aliphatic heterocycles. The summed E-state index contributed by atoms with van der Waals surface area (Å²) in [5.74, 6) is 0.774. The molecule has 0 aliphatic carbocycles. The Morgan fingerprint density at radius 3 is 3.06 bits per heavy atom. The Bertz CT molecular complexity index is 496. The number of aromatic nitrogens is 1. The first kappa shape index (κ1) is 10.7. The predicted octanol–water partition coefficient (Wildman–Crippen LogP) is 2.78. The van der Waals surface area contributed by atoms with Crippen LogP contribution in [0, 0.1) is 5.92 Å². The lowest BCUT2D eigenvalue weighted by atomic mass is 9.91. The summed E-state index contributed by atoms with van der Waals surface area (Å²) < 4.78 is 0. The minimum atomic E-state index is 0.774. The summed E-state index contributed by atoms with van der Waals surface area (Å²) in [6, 6.07) is 8.55. The smallest absolute Gasteiger partial charge is 0.0346 e. The highest BCUT2D eigenvalue weighted by atomic mass is 14.9. The fourth-order valence-corrected chi connectivity index (χ4v) is 2.75. The summed E-state index contributed by atoms with van der Waals surface area (Å²) in [7, 11) is 0. The molecule has 1 N–H and O–H groups in total. The van der Waals surface area contributed by atoms with Gasteiger partial charge in [-0.2, -0.15) is 0 Å². The van der Waals surface area contributed by atoms with E-state index in [1.165, 1.54) is 35.7 Å². The highest BCUT2D eigenvalue weighted by molar-refractivity contribution is 5.84. The van der Waals surface area contributed by atoms with E-state index in [-0.39, 0.29) is 0 Å². The normalized spacial score (nSPS) is 20.6. The van der Waals surface area contributed by atoms with Gasteiger partial charge < -0.3 is 5.32 Å². The second kappa shape index (κ2) is 4.84. The number of hydrogen-bond acceptors (Lipinski definition) is 2. The maximum atomic E-state index is 4.36. The Morgan fingerprint density at radius 1 is 1.24 bits per heavy atom. The molecular weight excluding hydrogens is 208 g/mol. The van der Waals surface area contributed by atoms with Crippen LogP contribution in [-0.4, -0.2) is 18.1 Å². The summed E-state index contributed by atoms with van der Waals surface area (Å²) in [5, 5.41) is 6.11. The molecule has 0 radical (unpaired) electrons. The van der Waals surface area contributed by atoms with Crippen molar-refractivity contribution in [1.82, 2.24) is 10.3 Å². The van der Waals surface area contributed by atoms with Crippen LogP contribution in [0.1, 0.15) is 18.4 Å². The first-order valence-corrected chi connectivity index (χ1v) is 6.46. The van der Waals surface area contributed by atoms with Gasteiger partial charge in [-0.15, -0.1) is 0 Å². The van der Waals surface area contributed by atoms with Crippen LogP contribution in [0.4, 0.5) is 0 Å². The van der Waals surface area contributed by atoms with Crippen LogP contribution < -0.4 is 5.32 Å². The zero-order chi connectivity index (χ0) is 11.5. The van der Waals surface area contributed by atoms with E-state index in [0.29, 0.717) is 0 Å². The van der Waals surface area contributed by atoms with Crippen molar-refractivity contribution in [2.75, 3.05) is 13.1 Å². The Hall–Kier alpha value is -1.41. The number of piperidine rings is 1. The van der Waals surface area contributed by atoms with Crippen LogP contribution in [0.3, 0.4) is 0 Å². The highest BCUT2D eigenvalue weighted by Crippen LogP contribution is 2.22. The van der Waals surface area contributed by atoms with Gasteiger partial charge in [0.25, 0.3) is 0 Å². The van der Waals surface area contributed by atoms with Crippen molar-refractivity contribution < 1.29 is 0 Å². The lowest BCUT2D eigenvalue weighted by Gasteiger charge is -2.23. The summed E-state index contributed by atoms with van der Waals surface area (Å²) in [6.07, 6.45) is 7.80. The molecule has 1 aliphatic rings. The summed E-state index contributed by atoms with van der Waals surface area (Å²) in [5.41, 5.74) is 1.40. The summed E-state index contributed by atoms with van der Waals surface area (Å²) >= 11 is 0. The van der Waals surface area contributed by atoms with Gasteiger partial charge in [-0.05, 0) is 49.2 Å². The topological polar surface area (TPSA) is 24.9 Å². The zero-order valence-corrected chi connectivity index (χ0v) is 10.0. The van der Waals surface area contributed by atoms with E-state index >= 15 is 0 Å². The van der Waals surface area contributed by atoms with Gasteiger partial charge in [-0.1, -0.05) is 24.3 Å². The van der Waals surface area contributed by atoms with Crippen molar-refractivity contribution in [2.24, 2.45) is 5.92 Å². The van der Waals surface area contributed by atoms with Crippen LogP contribution in [0.15, 0.2) is 36.7 Å². The standard InChI is InChI=1S/C15H18N2/c1-2-6-15-13(5-1)10-17-11-14(15)8-12-4-3-7-16-9-12/h1-2,5-6,10-12,16H,3-4,7-9H2/t12-/m0/s1. The van der Waals surface area contributed by atoms with Gasteiger partial charge in [0.2, 0.25) is 0 Å². The van der Waals surface area contributed by atoms with E-state index in [9.17, 15) is 0 Å². The molecule has 2 heterocycles. The second-order valence-electron chi connectivity index (χ2n) is 4.94. The van der Waals surface area contributed by atoms with Crippen molar-refractivity contribution in [3.05, 3.63) is 42.2 Å². The minimum absolute atomic E-state index is 0.774. The molecule has 0 saturated carbocycles. The van der Waals surface area contributed by atoms with E-state index in [2.05, 4.69) is 34.6 Å². The molecule has 2 nitrogen and oxygen atoms in total. The van der Waals surface area contributed by atoms with Crippen molar-refractivity contribution in [3.63, 3.8) is 0 Å². The molecule has 3 rings (SSSR count). The molecule has 1 atom stereocenters. The predicted molar refractivity (Wildman–Crippen MR) is 71.0 cm³/mol. The maximum absolute atomic E-state index is 4.36. The van der Waals surface area contributed by atoms with Crippen LogP contribution in [0.2, 0.25) is 0 Å². The van der Waals surface area contributed by atoms with Gasteiger partial charge in [0, 0.05) is 17.8 Å². The van der Waals surface area contributed by atoms with E-state index in [4.69, 9.17) is 0 Å². The molecule has 2 heteroatoms. The average Bonchev–Trinajstić information content (AvgIpc) is 2.40. The maximum Gasteiger partial charge on any atom is 0.0346 e. The van der Waals surface area contributed by atoms with E-state index in [1.807, 2.05) is 12.4 Å². The van der Waals surface area contributed by atoms with Crippen molar-refractivity contribution >= 4 is 10.8 Å². The molecule has 1 fully saturated rings. The van der Waals surface area contributed by atoms with Crippen LogP contribution >= 0.6 is 0 Å². The third-order valence-corrected chi connectivity index (χ3v) is 3.66. The number of nitrogens with zero attached hydrogens (tertiary/aromatic N) is 1. The van der Waals surface area contributed by atoms with Gasteiger partial charge in [-0.3, -0.25) is 4.98 Å². The number of fused-ring (bicyclic) bond motifs is 1. The highest BCUT2D eigenvalue weighted by Gasteiger charge is 2.14. The first-order valence-electron chi connectivity index (χ1n) is 6.46. The molecular formula is C15H18N2.